The molecule has 0 aliphatic carbocycles. The highest BCUT2D eigenvalue weighted by molar-refractivity contribution is 5.84. The number of nitrogens with one attached hydrogen (secondary N) is 1. The molecule has 0 radical (unpaired) electrons. The van der Waals surface area contributed by atoms with E-state index < -0.39 is 6.09 Å². The van der Waals surface area contributed by atoms with Crippen molar-refractivity contribution in [3.8, 4) is 0 Å². The number of aromatic nitrogens is 2. The largest absolute Gasteiger partial charge is 0.447 e. The molecule has 1 amide bonds. The molecule has 1 aromatic rings. The highest BCUT2D eigenvalue weighted by Gasteiger charge is 2.06. The topological polar surface area (TPSA) is 56.2 Å². The third-order valence-electron chi connectivity index (χ3n) is 1.55. The van der Waals surface area contributed by atoms with Gasteiger partial charge in [-0.3, -0.25) is 10.00 Å². The number of anilines is 1. The monoisotopic (exact) mass is 197 g/mol. The van der Waals surface area contributed by atoms with E-state index >= 15 is 0 Å². The van der Waals surface area contributed by atoms with Gasteiger partial charge in [-0.15, -0.1) is 0 Å². The molecule has 0 aliphatic heterocycles. The van der Waals surface area contributed by atoms with Crippen LogP contribution < -0.4 is 5.32 Å². The van der Waals surface area contributed by atoms with E-state index in [2.05, 4.69) is 10.4 Å². The quantitative estimate of drug-likeness (QED) is 0.804. The third kappa shape index (κ3) is 3.08. The van der Waals surface area contributed by atoms with Crippen LogP contribution in [-0.4, -0.2) is 22.0 Å². The molecule has 14 heavy (non-hydrogen) atoms. The van der Waals surface area contributed by atoms with Gasteiger partial charge in [-0.25, -0.2) is 4.79 Å². The second kappa shape index (κ2) is 4.64. The number of hydrogen-bond donors (Lipinski definition) is 1. The Balaban J connectivity index is 2.47. The standard InChI is InChI=1S/C9H15N3O2/c1-4-12-6-8(5-10-12)11-9(13)14-7(2)3/h5-7H,4H2,1-3H3,(H,11,13). The molecule has 0 saturated heterocycles. The lowest BCUT2D eigenvalue weighted by atomic mass is 10.5. The number of hydrogen-bond acceptors (Lipinski definition) is 3. The number of aryl methyl sites for hydroxylation is 1. The third-order valence-corrected chi connectivity index (χ3v) is 1.55. The molecule has 0 unspecified atom stereocenters. The van der Waals surface area contributed by atoms with Crippen LogP contribution in [0.25, 0.3) is 0 Å². The predicted molar refractivity (Wildman–Crippen MR) is 53.1 cm³/mol. The van der Waals surface area contributed by atoms with Crippen LogP contribution in [0.1, 0.15) is 20.8 Å². The second-order valence-electron chi connectivity index (χ2n) is 3.16. The molecule has 1 N–H and O–H groups in total. The summed E-state index contributed by atoms with van der Waals surface area (Å²) in [6.07, 6.45) is 2.78. The summed E-state index contributed by atoms with van der Waals surface area (Å²) in [7, 11) is 0. The van der Waals surface area contributed by atoms with Gasteiger partial charge in [0.25, 0.3) is 0 Å². The molecule has 0 aromatic carbocycles. The average molecular weight is 197 g/mol. The van der Waals surface area contributed by atoms with E-state index in [4.69, 9.17) is 4.74 Å². The fourth-order valence-electron chi connectivity index (χ4n) is 0.962. The number of carbonyl (C=O) groups excluding carboxylic acids is 1. The van der Waals surface area contributed by atoms with Crippen LogP contribution in [0.5, 0.6) is 0 Å². The molecule has 0 atom stereocenters. The molecule has 5 nitrogen and oxygen atoms in total. The Morgan fingerprint density at radius 1 is 1.71 bits per heavy atom. The Labute approximate surface area is 83.1 Å². The maximum atomic E-state index is 11.2. The van der Waals surface area contributed by atoms with Crippen molar-refractivity contribution in [2.45, 2.75) is 33.4 Å². The van der Waals surface area contributed by atoms with Gasteiger partial charge in [-0.1, -0.05) is 0 Å². The zero-order chi connectivity index (χ0) is 10.6. The molecule has 5 heteroatoms. The SMILES string of the molecule is CCn1cc(NC(=O)OC(C)C)cn1. The van der Waals surface area contributed by atoms with Crippen molar-refractivity contribution in [1.82, 2.24) is 9.78 Å². The molecular formula is C9H15N3O2. The minimum absolute atomic E-state index is 0.115. The van der Waals surface area contributed by atoms with Crippen molar-refractivity contribution in [2.24, 2.45) is 0 Å². The van der Waals surface area contributed by atoms with Gasteiger partial charge < -0.3 is 4.74 Å². The maximum Gasteiger partial charge on any atom is 0.411 e. The molecule has 0 saturated carbocycles. The van der Waals surface area contributed by atoms with E-state index in [1.165, 1.54) is 0 Å². The number of amides is 1. The predicted octanol–water partition coefficient (Wildman–Crippen LogP) is 1.86. The van der Waals surface area contributed by atoms with E-state index in [-0.39, 0.29) is 6.10 Å². The number of rotatable bonds is 3. The van der Waals surface area contributed by atoms with E-state index in [1.807, 2.05) is 6.92 Å². The van der Waals surface area contributed by atoms with Crippen LogP contribution in [0.4, 0.5) is 10.5 Å². The Hall–Kier alpha value is -1.52. The maximum absolute atomic E-state index is 11.2. The van der Waals surface area contributed by atoms with Crippen LogP contribution in [0.3, 0.4) is 0 Å². The summed E-state index contributed by atoms with van der Waals surface area (Å²) in [5.74, 6) is 0. The normalized spacial score (nSPS) is 10.3. The zero-order valence-electron chi connectivity index (χ0n) is 8.65. The number of nitrogens with zero attached hydrogens (tertiary/aromatic N) is 2. The zero-order valence-corrected chi connectivity index (χ0v) is 8.65. The fourth-order valence-corrected chi connectivity index (χ4v) is 0.962. The Kier molecular flexibility index (Phi) is 3.50. The highest BCUT2D eigenvalue weighted by Crippen LogP contribution is 2.05. The highest BCUT2D eigenvalue weighted by atomic mass is 16.6. The molecule has 0 fully saturated rings. The molecule has 0 spiro atoms. The Bertz CT molecular complexity index is 307. The van der Waals surface area contributed by atoms with Crippen molar-refractivity contribution in [3.63, 3.8) is 0 Å². The van der Waals surface area contributed by atoms with Crippen LogP contribution in [-0.2, 0) is 11.3 Å². The van der Waals surface area contributed by atoms with E-state index in [0.29, 0.717) is 5.69 Å². The molecule has 1 rings (SSSR count). The lowest BCUT2D eigenvalue weighted by Gasteiger charge is -2.07. The first-order valence-corrected chi connectivity index (χ1v) is 4.62. The molecule has 1 heterocycles. The van der Waals surface area contributed by atoms with Gasteiger partial charge in [0.15, 0.2) is 0 Å². The van der Waals surface area contributed by atoms with Crippen LogP contribution in [0.15, 0.2) is 12.4 Å². The van der Waals surface area contributed by atoms with Crippen molar-refractivity contribution in [1.29, 1.82) is 0 Å². The van der Waals surface area contributed by atoms with Crippen molar-refractivity contribution in [3.05, 3.63) is 12.4 Å². The minimum Gasteiger partial charge on any atom is -0.447 e. The van der Waals surface area contributed by atoms with Crippen LogP contribution in [0, 0.1) is 0 Å². The summed E-state index contributed by atoms with van der Waals surface area (Å²) >= 11 is 0. The first-order valence-electron chi connectivity index (χ1n) is 4.62. The average Bonchev–Trinajstić information content (AvgIpc) is 2.50. The van der Waals surface area contributed by atoms with E-state index in [0.717, 1.165) is 6.54 Å². The van der Waals surface area contributed by atoms with Crippen molar-refractivity contribution >= 4 is 11.8 Å². The molecule has 78 valence electrons. The molecular weight excluding hydrogens is 182 g/mol. The van der Waals surface area contributed by atoms with Crippen LogP contribution in [0.2, 0.25) is 0 Å². The first kappa shape index (κ1) is 10.6. The molecule has 1 aromatic heterocycles. The summed E-state index contributed by atoms with van der Waals surface area (Å²) in [6, 6.07) is 0. The van der Waals surface area contributed by atoms with Gasteiger partial charge in [0, 0.05) is 12.7 Å². The number of ether oxygens (including phenoxy) is 1. The van der Waals surface area contributed by atoms with Crippen LogP contribution >= 0.6 is 0 Å². The molecule has 0 aliphatic rings. The first-order chi connectivity index (χ1) is 6.61. The van der Waals surface area contributed by atoms with Gasteiger partial charge in [0.2, 0.25) is 0 Å². The van der Waals surface area contributed by atoms with Gasteiger partial charge in [0.1, 0.15) is 0 Å². The smallest absolute Gasteiger partial charge is 0.411 e. The summed E-state index contributed by atoms with van der Waals surface area (Å²) in [5.41, 5.74) is 0.650. The second-order valence-corrected chi connectivity index (χ2v) is 3.16. The summed E-state index contributed by atoms with van der Waals surface area (Å²) in [6.45, 7) is 6.36. The summed E-state index contributed by atoms with van der Waals surface area (Å²) < 4.78 is 6.64. The molecule has 0 bridgehead atoms. The van der Waals surface area contributed by atoms with Gasteiger partial charge >= 0.3 is 6.09 Å². The van der Waals surface area contributed by atoms with Gasteiger partial charge in [-0.2, -0.15) is 5.10 Å². The summed E-state index contributed by atoms with van der Waals surface area (Å²) in [5, 5.41) is 6.60. The lowest BCUT2D eigenvalue weighted by molar-refractivity contribution is 0.130. The summed E-state index contributed by atoms with van der Waals surface area (Å²) in [4.78, 5) is 11.2. The lowest BCUT2D eigenvalue weighted by Crippen LogP contribution is -2.17. The van der Waals surface area contributed by atoms with Crippen molar-refractivity contribution < 1.29 is 9.53 Å². The van der Waals surface area contributed by atoms with Crippen molar-refractivity contribution in [2.75, 3.05) is 5.32 Å². The van der Waals surface area contributed by atoms with E-state index in [1.54, 1.807) is 30.9 Å². The fraction of sp³-hybridized carbons (Fsp3) is 0.556. The minimum atomic E-state index is -0.448. The Morgan fingerprint density at radius 2 is 2.43 bits per heavy atom. The van der Waals surface area contributed by atoms with Gasteiger partial charge in [-0.05, 0) is 20.8 Å². The van der Waals surface area contributed by atoms with Gasteiger partial charge in [0.05, 0.1) is 18.0 Å². The Morgan fingerprint density at radius 3 is 2.93 bits per heavy atom. The number of carbonyl (C=O) groups is 1. The van der Waals surface area contributed by atoms with E-state index in [9.17, 15) is 4.79 Å².